The normalized spacial score (nSPS) is 10.4. The maximum atomic E-state index is 12.6. The molecule has 0 atom stereocenters. The molecule has 27 heavy (non-hydrogen) atoms. The molecule has 0 saturated carbocycles. The van der Waals surface area contributed by atoms with E-state index >= 15 is 0 Å². The van der Waals surface area contributed by atoms with Crippen LogP contribution in [0.1, 0.15) is 22.8 Å². The number of carbonyl (C=O) groups excluding carboxylic acids is 2. The van der Waals surface area contributed by atoms with Crippen molar-refractivity contribution in [3.63, 3.8) is 0 Å². The SMILES string of the molecule is CCc1ccccc1NC(=O)CNC(=O)c1cccc(OC)c1OC(F)F. The molecule has 6 nitrogen and oxygen atoms in total. The van der Waals surface area contributed by atoms with Crippen molar-refractivity contribution in [3.8, 4) is 11.5 Å². The van der Waals surface area contributed by atoms with Gasteiger partial charge in [0.15, 0.2) is 11.5 Å². The van der Waals surface area contributed by atoms with Gasteiger partial charge in [-0.2, -0.15) is 8.78 Å². The number of nitrogens with one attached hydrogen (secondary N) is 2. The van der Waals surface area contributed by atoms with Crippen LogP contribution in [0, 0.1) is 0 Å². The summed E-state index contributed by atoms with van der Waals surface area (Å²) in [6, 6.07) is 11.5. The first-order valence-corrected chi connectivity index (χ1v) is 8.24. The highest BCUT2D eigenvalue weighted by Gasteiger charge is 2.20. The zero-order chi connectivity index (χ0) is 19.8. The molecule has 2 rings (SSSR count). The number of ether oxygens (including phenoxy) is 2. The second-order valence-electron chi connectivity index (χ2n) is 5.46. The molecule has 2 aromatic rings. The van der Waals surface area contributed by atoms with Crippen LogP contribution < -0.4 is 20.1 Å². The second kappa shape index (κ2) is 9.51. The van der Waals surface area contributed by atoms with Crippen LogP contribution in [0.15, 0.2) is 42.5 Å². The molecule has 0 aliphatic rings. The number of carbonyl (C=O) groups is 2. The summed E-state index contributed by atoms with van der Waals surface area (Å²) in [5.74, 6) is -1.57. The number of halogens is 2. The Morgan fingerprint density at radius 3 is 2.52 bits per heavy atom. The van der Waals surface area contributed by atoms with Gasteiger partial charge in [0.25, 0.3) is 5.91 Å². The Labute approximate surface area is 155 Å². The predicted octanol–water partition coefficient (Wildman–Crippen LogP) is 3.23. The minimum Gasteiger partial charge on any atom is -0.493 e. The van der Waals surface area contributed by atoms with Crippen LogP contribution in [-0.2, 0) is 11.2 Å². The fourth-order valence-corrected chi connectivity index (χ4v) is 2.47. The number of alkyl halides is 2. The lowest BCUT2D eigenvalue weighted by Crippen LogP contribution is -2.33. The van der Waals surface area contributed by atoms with Crippen LogP contribution in [0.25, 0.3) is 0 Å². The van der Waals surface area contributed by atoms with Crippen molar-refractivity contribution in [1.29, 1.82) is 0 Å². The molecule has 0 saturated heterocycles. The van der Waals surface area contributed by atoms with Crippen molar-refractivity contribution < 1.29 is 27.8 Å². The first kappa shape index (κ1) is 20.2. The predicted molar refractivity (Wildman–Crippen MR) is 96.4 cm³/mol. The molecule has 0 radical (unpaired) electrons. The fraction of sp³-hybridized carbons (Fsp3) is 0.263. The molecule has 144 valence electrons. The van der Waals surface area contributed by atoms with Gasteiger partial charge in [-0.1, -0.05) is 31.2 Å². The highest BCUT2D eigenvalue weighted by atomic mass is 19.3. The average molecular weight is 378 g/mol. The summed E-state index contributed by atoms with van der Waals surface area (Å²) in [5, 5.41) is 5.10. The summed E-state index contributed by atoms with van der Waals surface area (Å²) in [5.41, 5.74) is 1.45. The Morgan fingerprint density at radius 1 is 1.11 bits per heavy atom. The lowest BCUT2D eigenvalue weighted by atomic mass is 10.1. The summed E-state index contributed by atoms with van der Waals surface area (Å²) in [7, 11) is 1.27. The van der Waals surface area contributed by atoms with E-state index in [9.17, 15) is 18.4 Å². The topological polar surface area (TPSA) is 76.7 Å². The lowest BCUT2D eigenvalue weighted by Gasteiger charge is -2.14. The van der Waals surface area contributed by atoms with Gasteiger partial charge < -0.3 is 20.1 Å². The first-order chi connectivity index (χ1) is 13.0. The highest BCUT2D eigenvalue weighted by molar-refractivity contribution is 6.01. The number of anilines is 1. The van der Waals surface area contributed by atoms with Crippen LogP contribution in [0.4, 0.5) is 14.5 Å². The molecule has 2 N–H and O–H groups in total. The molecular weight excluding hydrogens is 358 g/mol. The van der Waals surface area contributed by atoms with Crippen LogP contribution >= 0.6 is 0 Å². The monoisotopic (exact) mass is 378 g/mol. The minimum atomic E-state index is -3.12. The van der Waals surface area contributed by atoms with Gasteiger partial charge in [-0.25, -0.2) is 0 Å². The summed E-state index contributed by atoms with van der Waals surface area (Å²) in [6.45, 7) is -1.50. The van der Waals surface area contributed by atoms with E-state index in [0.29, 0.717) is 5.69 Å². The molecule has 0 aliphatic heterocycles. The van der Waals surface area contributed by atoms with Gasteiger partial charge in [0, 0.05) is 5.69 Å². The molecule has 0 fully saturated rings. The van der Waals surface area contributed by atoms with Gasteiger partial charge in [-0.3, -0.25) is 9.59 Å². The Hall–Kier alpha value is -3.16. The van der Waals surface area contributed by atoms with E-state index in [2.05, 4.69) is 15.4 Å². The highest BCUT2D eigenvalue weighted by Crippen LogP contribution is 2.32. The number of para-hydroxylation sites is 2. The van der Waals surface area contributed by atoms with Gasteiger partial charge in [0.05, 0.1) is 19.2 Å². The van der Waals surface area contributed by atoms with E-state index in [1.54, 1.807) is 12.1 Å². The van der Waals surface area contributed by atoms with E-state index in [1.807, 2.05) is 19.1 Å². The molecule has 0 aromatic heterocycles. The molecular formula is C19H20F2N2O4. The molecule has 0 unspecified atom stereocenters. The molecule has 0 heterocycles. The maximum absolute atomic E-state index is 12.6. The minimum absolute atomic E-state index is 0.00993. The van der Waals surface area contributed by atoms with E-state index in [0.717, 1.165) is 12.0 Å². The van der Waals surface area contributed by atoms with Crippen molar-refractivity contribution in [2.24, 2.45) is 0 Å². The van der Waals surface area contributed by atoms with Crippen molar-refractivity contribution >= 4 is 17.5 Å². The van der Waals surface area contributed by atoms with Crippen molar-refractivity contribution in [2.45, 2.75) is 20.0 Å². The number of benzene rings is 2. The number of rotatable bonds is 8. The number of hydrogen-bond donors (Lipinski definition) is 2. The zero-order valence-corrected chi connectivity index (χ0v) is 14.9. The quantitative estimate of drug-likeness (QED) is 0.739. The number of methoxy groups -OCH3 is 1. The fourth-order valence-electron chi connectivity index (χ4n) is 2.47. The Balaban J connectivity index is 2.06. The van der Waals surface area contributed by atoms with Gasteiger partial charge in [0.2, 0.25) is 5.91 Å². The summed E-state index contributed by atoms with van der Waals surface area (Å²) >= 11 is 0. The zero-order valence-electron chi connectivity index (χ0n) is 14.9. The van der Waals surface area contributed by atoms with Crippen LogP contribution in [-0.4, -0.2) is 32.1 Å². The summed E-state index contributed by atoms with van der Waals surface area (Å²) < 4.78 is 34.6. The molecule has 0 spiro atoms. The van der Waals surface area contributed by atoms with Crippen LogP contribution in [0.3, 0.4) is 0 Å². The molecule has 8 heteroatoms. The molecule has 0 bridgehead atoms. The largest absolute Gasteiger partial charge is 0.493 e. The van der Waals surface area contributed by atoms with Gasteiger partial charge in [0.1, 0.15) is 0 Å². The van der Waals surface area contributed by atoms with E-state index in [4.69, 9.17) is 4.74 Å². The average Bonchev–Trinajstić information content (AvgIpc) is 2.66. The summed E-state index contributed by atoms with van der Waals surface area (Å²) in [6.07, 6.45) is 0.737. The van der Waals surface area contributed by atoms with E-state index in [-0.39, 0.29) is 23.6 Å². The van der Waals surface area contributed by atoms with Gasteiger partial charge in [-0.05, 0) is 30.2 Å². The number of aryl methyl sites for hydroxylation is 1. The first-order valence-electron chi connectivity index (χ1n) is 8.24. The third kappa shape index (κ3) is 5.40. The van der Waals surface area contributed by atoms with E-state index in [1.165, 1.54) is 25.3 Å². The standard InChI is InChI=1S/C19H20F2N2O4/c1-3-12-7-4-5-9-14(12)23-16(24)11-22-18(25)13-8-6-10-15(26-2)17(13)27-19(20)21/h4-10,19H,3,11H2,1-2H3,(H,22,25)(H,23,24). The number of hydrogen-bond acceptors (Lipinski definition) is 4. The van der Waals surface area contributed by atoms with Gasteiger partial charge in [-0.15, -0.1) is 0 Å². The van der Waals surface area contributed by atoms with Crippen LogP contribution in [0.5, 0.6) is 11.5 Å². The van der Waals surface area contributed by atoms with Crippen molar-refractivity contribution in [2.75, 3.05) is 19.0 Å². The van der Waals surface area contributed by atoms with Crippen LogP contribution in [0.2, 0.25) is 0 Å². The molecule has 2 amide bonds. The number of amides is 2. The van der Waals surface area contributed by atoms with Crippen molar-refractivity contribution in [1.82, 2.24) is 5.32 Å². The third-order valence-corrected chi connectivity index (χ3v) is 3.73. The Morgan fingerprint density at radius 2 is 1.85 bits per heavy atom. The second-order valence-corrected chi connectivity index (χ2v) is 5.46. The van der Waals surface area contributed by atoms with E-state index < -0.39 is 18.4 Å². The maximum Gasteiger partial charge on any atom is 0.387 e. The summed E-state index contributed by atoms with van der Waals surface area (Å²) in [4.78, 5) is 24.4. The lowest BCUT2D eigenvalue weighted by molar-refractivity contribution is -0.115. The molecule has 0 aliphatic carbocycles. The third-order valence-electron chi connectivity index (χ3n) is 3.73. The smallest absolute Gasteiger partial charge is 0.387 e. The molecule has 2 aromatic carbocycles. The Bertz CT molecular complexity index is 812. The van der Waals surface area contributed by atoms with Crippen molar-refractivity contribution in [3.05, 3.63) is 53.6 Å². The Kier molecular flexibility index (Phi) is 7.10. The van der Waals surface area contributed by atoms with Gasteiger partial charge >= 0.3 is 6.61 Å².